The molecule has 0 saturated carbocycles. The number of alkyl halides is 3. The third kappa shape index (κ3) is 8.65. The number of nitrogens with zero attached hydrogens (tertiary/aromatic N) is 3. The van der Waals surface area contributed by atoms with Gasteiger partial charge in [0.1, 0.15) is 5.78 Å². The summed E-state index contributed by atoms with van der Waals surface area (Å²) >= 11 is 0. The molecule has 1 atom stereocenters. The molecule has 1 saturated heterocycles. The minimum absolute atomic E-state index is 0.000342. The van der Waals surface area contributed by atoms with Crippen LogP contribution in [-0.4, -0.2) is 39.6 Å². The van der Waals surface area contributed by atoms with Crippen molar-refractivity contribution in [3.05, 3.63) is 82.7 Å². The van der Waals surface area contributed by atoms with Crippen LogP contribution >= 0.6 is 0 Å². The molecule has 230 valence electrons. The number of carbonyl (C=O) groups excluding carboxylic acids is 2. The van der Waals surface area contributed by atoms with E-state index in [1.807, 2.05) is 53.4 Å². The molecule has 0 radical (unpaired) electrons. The molecule has 1 aliphatic rings. The highest BCUT2D eigenvalue weighted by atomic mass is 19.4. The topological polar surface area (TPSA) is 75.2 Å². The summed E-state index contributed by atoms with van der Waals surface area (Å²) in [4.78, 5) is 34.8. The number of aryl methyl sites for hydroxylation is 2. The van der Waals surface area contributed by atoms with Crippen LogP contribution in [0.25, 0.3) is 0 Å². The number of benzene rings is 2. The predicted octanol–water partition coefficient (Wildman–Crippen LogP) is 7.86. The molecule has 1 N–H and O–H groups in total. The molecule has 43 heavy (non-hydrogen) atoms. The summed E-state index contributed by atoms with van der Waals surface area (Å²) in [5.74, 6) is 0.297. The van der Waals surface area contributed by atoms with Crippen LogP contribution in [0.5, 0.6) is 0 Å². The highest BCUT2D eigenvalue weighted by Gasteiger charge is 2.35. The van der Waals surface area contributed by atoms with E-state index in [-0.39, 0.29) is 41.1 Å². The number of carbonyl (C=O) groups is 2. The Labute approximate surface area is 252 Å². The van der Waals surface area contributed by atoms with E-state index in [2.05, 4.69) is 36.1 Å². The maximum Gasteiger partial charge on any atom is 0.419 e. The number of Topliss-reactive ketones (excluding diaryl/α,β-unsaturated/α-hetero) is 1. The van der Waals surface area contributed by atoms with Gasteiger partial charge in [0, 0.05) is 37.3 Å². The van der Waals surface area contributed by atoms with Crippen LogP contribution in [0, 0.1) is 5.41 Å². The van der Waals surface area contributed by atoms with Crippen molar-refractivity contribution in [3.63, 3.8) is 0 Å². The Hall–Kier alpha value is -3.75. The molecule has 2 aromatic carbocycles. The molecule has 1 amide bonds. The number of rotatable bonds is 9. The van der Waals surface area contributed by atoms with Crippen molar-refractivity contribution in [2.24, 2.45) is 5.41 Å². The Balaban J connectivity index is 1.43. The summed E-state index contributed by atoms with van der Waals surface area (Å²) in [6.45, 7) is 11.0. The van der Waals surface area contributed by atoms with Crippen LogP contribution in [0.15, 0.2) is 54.7 Å². The molecule has 1 fully saturated rings. The SMILES string of the molecule is CC(=O)C(C)c1ccccc1CCc1nc(Nc2ccc(C3CCN(C(=O)CC(C)(C)C)CC3)cc2)ncc1C(F)(F)F. The Morgan fingerprint density at radius 3 is 2.26 bits per heavy atom. The normalized spacial score (nSPS) is 15.3. The molecule has 0 aliphatic carbocycles. The van der Waals surface area contributed by atoms with Gasteiger partial charge in [-0.25, -0.2) is 9.97 Å². The minimum atomic E-state index is -4.59. The first-order valence-corrected chi connectivity index (χ1v) is 14.9. The quantitative estimate of drug-likeness (QED) is 0.273. The minimum Gasteiger partial charge on any atom is -0.343 e. The molecule has 1 aromatic heterocycles. The maximum atomic E-state index is 13.8. The summed E-state index contributed by atoms with van der Waals surface area (Å²) in [5, 5.41) is 3.05. The predicted molar refractivity (Wildman–Crippen MR) is 162 cm³/mol. The zero-order valence-electron chi connectivity index (χ0n) is 25.6. The van der Waals surface area contributed by atoms with E-state index in [1.54, 1.807) is 6.92 Å². The van der Waals surface area contributed by atoms with E-state index in [0.29, 0.717) is 24.4 Å². The molecule has 2 heterocycles. The van der Waals surface area contributed by atoms with Crippen molar-refractivity contribution in [2.45, 2.75) is 84.7 Å². The number of amides is 1. The third-order valence-corrected chi connectivity index (χ3v) is 8.10. The van der Waals surface area contributed by atoms with Gasteiger partial charge in [0.05, 0.1) is 11.3 Å². The Morgan fingerprint density at radius 1 is 1.00 bits per heavy atom. The number of piperidine rings is 1. The number of hydrogen-bond acceptors (Lipinski definition) is 5. The van der Waals surface area contributed by atoms with E-state index < -0.39 is 11.7 Å². The number of aromatic nitrogens is 2. The fraction of sp³-hybridized carbons (Fsp3) is 0.471. The van der Waals surface area contributed by atoms with Crippen molar-refractivity contribution < 1.29 is 22.8 Å². The van der Waals surface area contributed by atoms with Crippen LogP contribution in [0.2, 0.25) is 0 Å². The lowest BCUT2D eigenvalue weighted by atomic mass is 9.87. The standard InChI is InChI=1S/C34H41F3N4O2/c1-22(23(2)42)28-9-7-6-8-26(28)12-15-30-29(34(35,36)37)21-38-32(40-30)39-27-13-10-24(11-14-27)25-16-18-41(19-17-25)31(43)20-33(3,4)5/h6-11,13-14,21-22,25H,12,15-20H2,1-5H3,(H,38,39,40). The fourth-order valence-corrected chi connectivity index (χ4v) is 5.56. The molecular weight excluding hydrogens is 553 g/mol. The lowest BCUT2D eigenvalue weighted by Gasteiger charge is -2.34. The summed E-state index contributed by atoms with van der Waals surface area (Å²) in [7, 11) is 0. The second-order valence-corrected chi connectivity index (χ2v) is 12.7. The molecule has 0 spiro atoms. The summed E-state index contributed by atoms with van der Waals surface area (Å²) in [5.41, 5.74) is 2.49. The van der Waals surface area contributed by atoms with Crippen LogP contribution in [0.4, 0.5) is 24.8 Å². The van der Waals surface area contributed by atoms with Gasteiger partial charge in [0.2, 0.25) is 11.9 Å². The highest BCUT2D eigenvalue weighted by Crippen LogP contribution is 2.34. The number of halogens is 3. The largest absolute Gasteiger partial charge is 0.419 e. The van der Waals surface area contributed by atoms with E-state index in [1.165, 1.54) is 12.5 Å². The first kappa shape index (κ1) is 32.2. The highest BCUT2D eigenvalue weighted by molar-refractivity contribution is 5.83. The van der Waals surface area contributed by atoms with Crippen molar-refractivity contribution >= 4 is 23.3 Å². The second-order valence-electron chi connectivity index (χ2n) is 12.7. The number of ketones is 1. The first-order valence-electron chi connectivity index (χ1n) is 14.9. The van der Waals surface area contributed by atoms with Gasteiger partial charge in [-0.1, -0.05) is 64.1 Å². The van der Waals surface area contributed by atoms with Gasteiger partial charge in [-0.05, 0) is 72.8 Å². The van der Waals surface area contributed by atoms with Crippen LogP contribution < -0.4 is 5.32 Å². The Kier molecular flexibility index (Phi) is 9.93. The molecule has 3 aromatic rings. The zero-order valence-corrected chi connectivity index (χ0v) is 25.6. The molecular formula is C34H41F3N4O2. The average Bonchev–Trinajstić information content (AvgIpc) is 2.95. The monoisotopic (exact) mass is 594 g/mol. The van der Waals surface area contributed by atoms with Crippen molar-refractivity contribution in [2.75, 3.05) is 18.4 Å². The molecule has 0 bridgehead atoms. The summed E-state index contributed by atoms with van der Waals surface area (Å²) in [6, 6.07) is 15.1. The van der Waals surface area contributed by atoms with Gasteiger partial charge in [-0.2, -0.15) is 13.2 Å². The smallest absolute Gasteiger partial charge is 0.343 e. The first-order chi connectivity index (χ1) is 20.2. The van der Waals surface area contributed by atoms with Gasteiger partial charge in [0.25, 0.3) is 0 Å². The zero-order chi connectivity index (χ0) is 31.4. The molecule has 6 nitrogen and oxygen atoms in total. The average molecular weight is 595 g/mol. The second kappa shape index (κ2) is 13.3. The number of likely N-dealkylation sites (tertiary alicyclic amines) is 1. The van der Waals surface area contributed by atoms with Crippen molar-refractivity contribution in [1.82, 2.24) is 14.9 Å². The lowest BCUT2D eigenvalue weighted by molar-refractivity contribution is -0.138. The maximum absolute atomic E-state index is 13.8. The van der Waals surface area contributed by atoms with Gasteiger partial charge < -0.3 is 10.2 Å². The lowest BCUT2D eigenvalue weighted by Crippen LogP contribution is -2.39. The van der Waals surface area contributed by atoms with Crippen LogP contribution in [0.3, 0.4) is 0 Å². The van der Waals surface area contributed by atoms with Crippen LogP contribution in [-0.2, 0) is 28.6 Å². The van der Waals surface area contributed by atoms with Gasteiger partial charge in [0.15, 0.2) is 0 Å². The van der Waals surface area contributed by atoms with Crippen molar-refractivity contribution in [3.8, 4) is 0 Å². The van der Waals surface area contributed by atoms with Gasteiger partial charge >= 0.3 is 6.18 Å². The van der Waals surface area contributed by atoms with Gasteiger partial charge in [-0.15, -0.1) is 0 Å². The van der Waals surface area contributed by atoms with E-state index in [4.69, 9.17) is 0 Å². The van der Waals surface area contributed by atoms with Crippen LogP contribution in [0.1, 0.15) is 93.7 Å². The fourth-order valence-electron chi connectivity index (χ4n) is 5.56. The number of anilines is 2. The summed E-state index contributed by atoms with van der Waals surface area (Å²) < 4.78 is 41.5. The van der Waals surface area contributed by atoms with E-state index >= 15 is 0 Å². The number of hydrogen-bond donors (Lipinski definition) is 1. The molecule has 1 unspecified atom stereocenters. The molecule has 1 aliphatic heterocycles. The van der Waals surface area contributed by atoms with E-state index in [9.17, 15) is 22.8 Å². The molecule has 9 heteroatoms. The Bertz CT molecular complexity index is 1420. The summed E-state index contributed by atoms with van der Waals surface area (Å²) in [6.07, 6.45) is -1.08. The third-order valence-electron chi connectivity index (χ3n) is 8.10. The Morgan fingerprint density at radius 2 is 1.65 bits per heavy atom. The number of nitrogens with one attached hydrogen (secondary N) is 1. The van der Waals surface area contributed by atoms with E-state index in [0.717, 1.165) is 43.3 Å². The van der Waals surface area contributed by atoms with Crippen molar-refractivity contribution in [1.29, 1.82) is 0 Å². The van der Waals surface area contributed by atoms with Gasteiger partial charge in [-0.3, -0.25) is 9.59 Å². The molecule has 4 rings (SSSR count).